The molecule has 0 saturated heterocycles. The number of hydrogen-bond acceptors (Lipinski definition) is 3. The summed E-state index contributed by atoms with van der Waals surface area (Å²) in [5, 5.41) is 11.7. The number of carboxylic acids is 1. The summed E-state index contributed by atoms with van der Waals surface area (Å²) in [6.45, 7) is 4.11. The Balaban J connectivity index is 2.33. The van der Waals surface area contributed by atoms with Crippen molar-refractivity contribution in [3.8, 4) is 0 Å². The fourth-order valence-corrected chi connectivity index (χ4v) is 3.07. The standard InChI is InChI=1S/C15H17NO3S/c1-10(2)7-16(8-14(17)18)15(19)12-9-20-13-6-4-3-5-11(12)13/h3-6,9-10H,7-8H2,1-2H3,(H,17,18). The van der Waals surface area contributed by atoms with Gasteiger partial charge in [-0.25, -0.2) is 0 Å². The number of rotatable bonds is 5. The SMILES string of the molecule is CC(C)CN(CC(=O)O)C(=O)c1csc2ccccc12. The summed E-state index contributed by atoms with van der Waals surface area (Å²) in [5.41, 5.74) is 0.590. The molecule has 0 spiro atoms. The third-order valence-corrected chi connectivity index (χ3v) is 3.87. The fraction of sp³-hybridized carbons (Fsp3) is 0.333. The zero-order valence-electron chi connectivity index (χ0n) is 11.5. The van der Waals surface area contributed by atoms with Crippen molar-refractivity contribution in [3.05, 3.63) is 35.2 Å². The molecule has 5 heteroatoms. The highest BCUT2D eigenvalue weighted by atomic mass is 32.1. The van der Waals surface area contributed by atoms with E-state index in [0.29, 0.717) is 12.1 Å². The van der Waals surface area contributed by atoms with Gasteiger partial charge in [-0.1, -0.05) is 32.0 Å². The van der Waals surface area contributed by atoms with E-state index in [4.69, 9.17) is 5.11 Å². The molecule has 20 heavy (non-hydrogen) atoms. The van der Waals surface area contributed by atoms with Gasteiger partial charge in [0.15, 0.2) is 0 Å². The number of carbonyl (C=O) groups is 2. The van der Waals surface area contributed by atoms with E-state index in [2.05, 4.69) is 0 Å². The summed E-state index contributed by atoms with van der Waals surface area (Å²) in [7, 11) is 0. The van der Waals surface area contributed by atoms with E-state index >= 15 is 0 Å². The number of amides is 1. The van der Waals surface area contributed by atoms with Crippen LogP contribution in [0, 0.1) is 5.92 Å². The van der Waals surface area contributed by atoms with Crippen molar-refractivity contribution in [1.82, 2.24) is 4.90 Å². The Bertz CT molecular complexity index is 633. The summed E-state index contributed by atoms with van der Waals surface area (Å²) in [6, 6.07) is 7.67. The average molecular weight is 291 g/mol. The normalized spacial score (nSPS) is 10.9. The third kappa shape index (κ3) is 3.17. The maximum absolute atomic E-state index is 12.6. The second-order valence-electron chi connectivity index (χ2n) is 5.12. The summed E-state index contributed by atoms with van der Waals surface area (Å²) in [6.07, 6.45) is 0. The van der Waals surface area contributed by atoms with E-state index in [0.717, 1.165) is 10.1 Å². The molecule has 1 heterocycles. The molecule has 2 aromatic rings. The van der Waals surface area contributed by atoms with Gasteiger partial charge < -0.3 is 10.0 Å². The van der Waals surface area contributed by atoms with Gasteiger partial charge in [0, 0.05) is 22.0 Å². The van der Waals surface area contributed by atoms with Crippen molar-refractivity contribution >= 4 is 33.3 Å². The summed E-state index contributed by atoms with van der Waals surface area (Å²) in [4.78, 5) is 24.9. The van der Waals surface area contributed by atoms with Crippen LogP contribution in [0.3, 0.4) is 0 Å². The minimum absolute atomic E-state index is 0.210. The highest BCUT2D eigenvalue weighted by Crippen LogP contribution is 2.26. The van der Waals surface area contributed by atoms with Crippen molar-refractivity contribution in [2.45, 2.75) is 13.8 Å². The number of thiophene rings is 1. The van der Waals surface area contributed by atoms with Gasteiger partial charge in [-0.15, -0.1) is 11.3 Å². The van der Waals surface area contributed by atoms with Crippen LogP contribution in [0.2, 0.25) is 0 Å². The number of hydrogen-bond donors (Lipinski definition) is 1. The maximum Gasteiger partial charge on any atom is 0.323 e. The van der Waals surface area contributed by atoms with E-state index in [1.54, 1.807) is 0 Å². The Morgan fingerprint density at radius 2 is 2.00 bits per heavy atom. The predicted octanol–water partition coefficient (Wildman–Crippen LogP) is 3.08. The second kappa shape index (κ2) is 6.05. The first-order valence-electron chi connectivity index (χ1n) is 6.46. The first kappa shape index (κ1) is 14.5. The lowest BCUT2D eigenvalue weighted by Gasteiger charge is -2.22. The van der Waals surface area contributed by atoms with E-state index in [1.165, 1.54) is 16.2 Å². The van der Waals surface area contributed by atoms with Crippen LogP contribution in [0.25, 0.3) is 10.1 Å². The van der Waals surface area contributed by atoms with Gasteiger partial charge in [-0.3, -0.25) is 9.59 Å². The van der Waals surface area contributed by atoms with Gasteiger partial charge in [-0.05, 0) is 12.0 Å². The molecule has 1 N–H and O–H groups in total. The number of fused-ring (bicyclic) bond motifs is 1. The van der Waals surface area contributed by atoms with Crippen LogP contribution in [0.1, 0.15) is 24.2 Å². The van der Waals surface area contributed by atoms with Gasteiger partial charge in [0.2, 0.25) is 0 Å². The Hall–Kier alpha value is -1.88. The van der Waals surface area contributed by atoms with Gasteiger partial charge in [0.1, 0.15) is 6.54 Å². The number of nitrogens with zero attached hydrogens (tertiary/aromatic N) is 1. The first-order valence-corrected chi connectivity index (χ1v) is 7.34. The number of carbonyl (C=O) groups excluding carboxylic acids is 1. The third-order valence-electron chi connectivity index (χ3n) is 2.91. The first-order chi connectivity index (χ1) is 9.49. The minimum atomic E-state index is -0.987. The molecule has 1 aromatic carbocycles. The molecule has 0 bridgehead atoms. The van der Waals surface area contributed by atoms with Crippen LogP contribution >= 0.6 is 11.3 Å². The molecule has 0 atom stereocenters. The molecule has 106 valence electrons. The Morgan fingerprint density at radius 1 is 1.30 bits per heavy atom. The zero-order valence-corrected chi connectivity index (χ0v) is 12.3. The average Bonchev–Trinajstić information content (AvgIpc) is 2.79. The molecule has 1 aromatic heterocycles. The fourth-order valence-electron chi connectivity index (χ4n) is 2.14. The monoisotopic (exact) mass is 291 g/mol. The lowest BCUT2D eigenvalue weighted by molar-refractivity contribution is -0.137. The lowest BCUT2D eigenvalue weighted by Crippen LogP contribution is -2.38. The molecule has 2 rings (SSSR count). The smallest absolute Gasteiger partial charge is 0.323 e. The van der Waals surface area contributed by atoms with Crippen molar-refractivity contribution in [3.63, 3.8) is 0 Å². The molecule has 0 aliphatic carbocycles. The lowest BCUT2D eigenvalue weighted by atomic mass is 10.1. The van der Waals surface area contributed by atoms with Gasteiger partial charge >= 0.3 is 5.97 Å². The zero-order chi connectivity index (χ0) is 14.7. The molecular formula is C15H17NO3S. The molecule has 0 aliphatic heterocycles. The van der Waals surface area contributed by atoms with E-state index < -0.39 is 5.97 Å². The molecule has 0 aliphatic rings. The molecule has 0 fully saturated rings. The summed E-state index contributed by atoms with van der Waals surface area (Å²) < 4.78 is 1.04. The second-order valence-corrected chi connectivity index (χ2v) is 6.03. The number of benzene rings is 1. The van der Waals surface area contributed by atoms with Crippen LogP contribution in [-0.4, -0.2) is 35.0 Å². The van der Waals surface area contributed by atoms with Gasteiger partial charge in [-0.2, -0.15) is 0 Å². The molecule has 4 nitrogen and oxygen atoms in total. The van der Waals surface area contributed by atoms with Crippen LogP contribution in [0.4, 0.5) is 0 Å². The number of aliphatic carboxylic acids is 1. The Kier molecular flexibility index (Phi) is 4.39. The van der Waals surface area contributed by atoms with E-state index in [-0.39, 0.29) is 18.4 Å². The highest BCUT2D eigenvalue weighted by molar-refractivity contribution is 7.17. The van der Waals surface area contributed by atoms with Crippen molar-refractivity contribution < 1.29 is 14.7 Å². The summed E-state index contributed by atoms with van der Waals surface area (Å²) >= 11 is 1.50. The molecule has 1 amide bonds. The molecule has 0 radical (unpaired) electrons. The van der Waals surface area contributed by atoms with Crippen molar-refractivity contribution in [1.29, 1.82) is 0 Å². The maximum atomic E-state index is 12.6. The number of carboxylic acid groups (broad SMARTS) is 1. The van der Waals surface area contributed by atoms with E-state index in [1.807, 2.05) is 43.5 Å². The predicted molar refractivity (Wildman–Crippen MR) is 80.2 cm³/mol. The largest absolute Gasteiger partial charge is 0.480 e. The molecule has 0 unspecified atom stereocenters. The van der Waals surface area contributed by atoms with Crippen LogP contribution in [0.5, 0.6) is 0 Å². The van der Waals surface area contributed by atoms with Crippen LogP contribution in [-0.2, 0) is 4.79 Å². The summed E-state index contributed by atoms with van der Waals surface area (Å²) in [5.74, 6) is -0.972. The topological polar surface area (TPSA) is 57.6 Å². The van der Waals surface area contributed by atoms with E-state index in [9.17, 15) is 9.59 Å². The minimum Gasteiger partial charge on any atom is -0.480 e. The molecule has 0 saturated carbocycles. The van der Waals surface area contributed by atoms with Crippen LogP contribution < -0.4 is 0 Å². The Morgan fingerprint density at radius 3 is 2.65 bits per heavy atom. The van der Waals surface area contributed by atoms with Crippen LogP contribution in [0.15, 0.2) is 29.6 Å². The van der Waals surface area contributed by atoms with Crippen molar-refractivity contribution in [2.75, 3.05) is 13.1 Å². The van der Waals surface area contributed by atoms with Gasteiger partial charge in [0.05, 0.1) is 5.56 Å². The van der Waals surface area contributed by atoms with Crippen molar-refractivity contribution in [2.24, 2.45) is 5.92 Å². The van der Waals surface area contributed by atoms with Gasteiger partial charge in [0.25, 0.3) is 5.91 Å². The Labute approximate surface area is 121 Å². The quantitative estimate of drug-likeness (QED) is 0.921. The molecular weight excluding hydrogens is 274 g/mol. The highest BCUT2D eigenvalue weighted by Gasteiger charge is 2.21.